The van der Waals surface area contributed by atoms with Gasteiger partial charge >= 0.3 is 0 Å². The molecule has 0 radical (unpaired) electrons. The lowest BCUT2D eigenvalue weighted by Crippen LogP contribution is -2.51. The Labute approximate surface area is 329 Å². The maximum Gasteiger partial charge on any atom is 0.246 e. The molecule has 0 spiro atoms. The predicted octanol–water partition coefficient (Wildman–Crippen LogP) is 4.70. The van der Waals surface area contributed by atoms with Gasteiger partial charge < -0.3 is 40.1 Å². The van der Waals surface area contributed by atoms with Gasteiger partial charge in [-0.05, 0) is 54.7 Å². The number of fused-ring (bicyclic) bond motifs is 1. The van der Waals surface area contributed by atoms with Crippen molar-refractivity contribution in [3.8, 4) is 33.2 Å². The van der Waals surface area contributed by atoms with Crippen molar-refractivity contribution in [3.05, 3.63) is 54.4 Å². The number of nitrogens with one attached hydrogen (secondary N) is 4. The van der Waals surface area contributed by atoms with Gasteiger partial charge in [-0.15, -0.1) is 0 Å². The molecule has 1 unspecified atom stereocenters. The highest BCUT2D eigenvalue weighted by Gasteiger charge is 2.38. The van der Waals surface area contributed by atoms with Crippen molar-refractivity contribution in [2.75, 3.05) is 19.7 Å². The maximum atomic E-state index is 13.5. The number of likely N-dealkylation sites (tertiary alicyclic amines) is 2. The van der Waals surface area contributed by atoms with Crippen LogP contribution in [0, 0.1) is 11.8 Å². The van der Waals surface area contributed by atoms with Crippen LogP contribution in [0.3, 0.4) is 0 Å². The van der Waals surface area contributed by atoms with Crippen molar-refractivity contribution < 1.29 is 24.3 Å². The SMILES string of the molecule is CC(=O)N[C@H](C(=O)N1CCCC1c1nc(-c2nc3cc(-c4ccc(-c5cnc([C@@H]6CCCN6C(=O)[C@@H](NC(=O)CO)C(C)C)[nH]5)cc4)n(C)c3s2)c[nH]1)C(C)C. The number of carbonyl (C=O) groups excluding carboxylic acids is 4. The summed E-state index contributed by atoms with van der Waals surface area (Å²) in [4.78, 5) is 76.7. The van der Waals surface area contributed by atoms with Gasteiger partial charge in [0.05, 0.1) is 29.7 Å². The number of benzene rings is 1. The topological polar surface area (TPSA) is 194 Å². The van der Waals surface area contributed by atoms with E-state index in [2.05, 4.69) is 48.4 Å². The predicted molar refractivity (Wildman–Crippen MR) is 213 cm³/mol. The minimum absolute atomic E-state index is 0.0380. The molecule has 0 bridgehead atoms. The normalized spacial score (nSPS) is 18.3. The quantitative estimate of drug-likeness (QED) is 0.120. The third-order valence-corrected chi connectivity index (χ3v) is 12.0. The first-order valence-corrected chi connectivity index (χ1v) is 20.1. The van der Waals surface area contributed by atoms with Gasteiger partial charge in [0.25, 0.3) is 0 Å². The number of carbonyl (C=O) groups is 4. The molecule has 0 saturated carbocycles. The largest absolute Gasteiger partial charge is 0.387 e. The van der Waals surface area contributed by atoms with E-state index in [4.69, 9.17) is 9.97 Å². The van der Waals surface area contributed by atoms with E-state index < -0.39 is 24.6 Å². The number of aliphatic hydroxyl groups excluding tert-OH is 1. The molecule has 296 valence electrons. The number of thiazole rings is 1. The molecule has 1 aromatic carbocycles. The average molecular weight is 783 g/mol. The van der Waals surface area contributed by atoms with E-state index in [9.17, 15) is 24.3 Å². The van der Waals surface area contributed by atoms with Crippen molar-refractivity contribution in [2.45, 2.75) is 84.5 Å². The first kappa shape index (κ1) is 38.9. The number of imidazole rings is 2. The second-order valence-electron chi connectivity index (χ2n) is 15.5. The first-order chi connectivity index (χ1) is 26.8. The molecule has 4 atom stereocenters. The van der Waals surface area contributed by atoms with Gasteiger partial charge in [-0.3, -0.25) is 19.2 Å². The third kappa shape index (κ3) is 7.59. The lowest BCUT2D eigenvalue weighted by molar-refractivity contribution is -0.139. The molecule has 15 nitrogen and oxygen atoms in total. The summed E-state index contributed by atoms with van der Waals surface area (Å²) in [5.41, 5.74) is 5.46. The van der Waals surface area contributed by atoms with Crippen LogP contribution in [0.25, 0.3) is 43.6 Å². The number of H-pyrrole nitrogens is 2. The highest BCUT2D eigenvalue weighted by Crippen LogP contribution is 2.38. The zero-order chi connectivity index (χ0) is 39.8. The smallest absolute Gasteiger partial charge is 0.246 e. The van der Waals surface area contributed by atoms with Gasteiger partial charge in [0, 0.05) is 33.3 Å². The summed E-state index contributed by atoms with van der Waals surface area (Å²) in [6.45, 7) is 9.58. The van der Waals surface area contributed by atoms with Crippen LogP contribution in [0.15, 0.2) is 42.7 Å². The van der Waals surface area contributed by atoms with Crippen LogP contribution >= 0.6 is 11.3 Å². The molecule has 2 aliphatic heterocycles. The zero-order valence-corrected chi connectivity index (χ0v) is 33.4. The summed E-state index contributed by atoms with van der Waals surface area (Å²) >= 11 is 1.56. The van der Waals surface area contributed by atoms with Gasteiger partial charge in [-0.1, -0.05) is 63.3 Å². The maximum absolute atomic E-state index is 13.5. The minimum atomic E-state index is -0.724. The van der Waals surface area contributed by atoms with Gasteiger partial charge in [-0.25, -0.2) is 15.0 Å². The van der Waals surface area contributed by atoms with Crippen molar-refractivity contribution in [3.63, 3.8) is 0 Å². The van der Waals surface area contributed by atoms with E-state index >= 15 is 0 Å². The molecule has 5 N–H and O–H groups in total. The molecule has 2 aliphatic rings. The number of amides is 4. The van der Waals surface area contributed by atoms with E-state index in [-0.39, 0.29) is 41.6 Å². The molecule has 2 fully saturated rings. The summed E-state index contributed by atoms with van der Waals surface area (Å²) in [7, 11) is 2.03. The van der Waals surface area contributed by atoms with Crippen molar-refractivity contribution >= 4 is 45.3 Å². The average Bonchev–Trinajstić information content (AvgIpc) is 4.03. The second-order valence-corrected chi connectivity index (χ2v) is 16.5. The Morgan fingerprint density at radius 2 is 1.50 bits per heavy atom. The molecule has 0 aliphatic carbocycles. The van der Waals surface area contributed by atoms with Crippen molar-refractivity contribution in [1.82, 2.24) is 49.9 Å². The van der Waals surface area contributed by atoms with Crippen LogP contribution in [0.2, 0.25) is 0 Å². The fourth-order valence-corrected chi connectivity index (χ4v) is 8.90. The number of hydrogen-bond acceptors (Lipinski definition) is 9. The van der Waals surface area contributed by atoms with Crippen LogP contribution in [-0.4, -0.2) is 99.8 Å². The first-order valence-electron chi connectivity index (χ1n) is 19.3. The zero-order valence-electron chi connectivity index (χ0n) is 32.6. The fourth-order valence-electron chi connectivity index (χ4n) is 7.92. The highest BCUT2D eigenvalue weighted by molar-refractivity contribution is 7.21. The van der Waals surface area contributed by atoms with Crippen LogP contribution in [0.5, 0.6) is 0 Å². The van der Waals surface area contributed by atoms with E-state index in [1.807, 2.05) is 58.0 Å². The van der Waals surface area contributed by atoms with E-state index in [0.717, 1.165) is 75.1 Å². The Morgan fingerprint density at radius 3 is 2.09 bits per heavy atom. The molecular weight excluding hydrogens is 733 g/mol. The molecule has 56 heavy (non-hydrogen) atoms. The van der Waals surface area contributed by atoms with Gasteiger partial charge in [0.1, 0.15) is 51.4 Å². The molecule has 2 saturated heterocycles. The van der Waals surface area contributed by atoms with E-state index in [0.29, 0.717) is 18.9 Å². The Morgan fingerprint density at radius 1 is 0.893 bits per heavy atom. The summed E-state index contributed by atoms with van der Waals surface area (Å²) in [6, 6.07) is 8.59. The number of nitrogens with zero attached hydrogens (tertiary/aromatic N) is 6. The Balaban J connectivity index is 1.04. The van der Waals surface area contributed by atoms with E-state index in [1.165, 1.54) is 6.92 Å². The number of aryl methyl sites for hydroxylation is 1. The van der Waals surface area contributed by atoms with Crippen LogP contribution in [-0.2, 0) is 26.2 Å². The number of aliphatic hydroxyl groups is 1. The monoisotopic (exact) mass is 782 g/mol. The molecule has 4 amide bonds. The Hall–Kier alpha value is -5.35. The minimum Gasteiger partial charge on any atom is -0.387 e. The number of aromatic nitrogens is 6. The molecule has 4 aromatic heterocycles. The Bertz CT molecular complexity index is 2230. The van der Waals surface area contributed by atoms with Crippen molar-refractivity contribution in [1.29, 1.82) is 0 Å². The van der Waals surface area contributed by atoms with Gasteiger partial charge in [-0.2, -0.15) is 0 Å². The van der Waals surface area contributed by atoms with Crippen LogP contribution < -0.4 is 10.6 Å². The molecular formula is C40H50N10O5S. The van der Waals surface area contributed by atoms with Crippen LogP contribution in [0.1, 0.15) is 84.0 Å². The molecule has 16 heteroatoms. The molecule has 7 rings (SSSR count). The summed E-state index contributed by atoms with van der Waals surface area (Å²) in [5, 5.41) is 15.5. The number of hydrogen-bond donors (Lipinski definition) is 5. The fraction of sp³-hybridized carbons (Fsp3) is 0.475. The lowest BCUT2D eigenvalue weighted by Gasteiger charge is -2.30. The second kappa shape index (κ2) is 16.0. The third-order valence-electron chi connectivity index (χ3n) is 10.9. The van der Waals surface area contributed by atoms with Gasteiger partial charge in [0.2, 0.25) is 23.6 Å². The lowest BCUT2D eigenvalue weighted by atomic mass is 10.0. The van der Waals surface area contributed by atoms with Crippen molar-refractivity contribution in [2.24, 2.45) is 18.9 Å². The summed E-state index contributed by atoms with van der Waals surface area (Å²) in [6.07, 6.45) is 6.89. The number of rotatable bonds is 12. The Kier molecular flexibility index (Phi) is 11.1. The number of aromatic amines is 2. The summed E-state index contributed by atoms with van der Waals surface area (Å²) in [5.74, 6) is 0.204. The van der Waals surface area contributed by atoms with Gasteiger partial charge in [0.15, 0.2) is 0 Å². The summed E-state index contributed by atoms with van der Waals surface area (Å²) < 4.78 is 2.14. The molecule has 6 heterocycles. The highest BCUT2D eigenvalue weighted by atomic mass is 32.1. The molecule has 5 aromatic rings. The van der Waals surface area contributed by atoms with Crippen LogP contribution in [0.4, 0.5) is 0 Å². The van der Waals surface area contributed by atoms with E-state index in [1.54, 1.807) is 22.4 Å². The standard InChI is InChI=1S/C40H50N10O5S/c1-21(2)33(43-23(5)52)38(54)49-15-8-10-30(49)36-42-19-28(45-36)37-46-26-17-31(48(6)40(26)56-37)25-13-11-24(12-14-25)27-18-41-35(44-27)29-9-7-16-50(29)39(55)34(22(3)4)47-32(53)20-51/h11-14,17-19,21-22,29-30,33-34,51H,7-10,15-16,20H2,1-6H3,(H,41,44)(H,42,45)(H,43,52)(H,47,53)/t29-,30?,33-,34-/m0/s1.